The monoisotopic (exact) mass is 147 g/mol. The first kappa shape index (κ1) is 6.92. The minimum Gasteiger partial charge on any atom is -0.354 e. The summed E-state index contributed by atoms with van der Waals surface area (Å²) < 4.78 is 0. The summed E-state index contributed by atoms with van der Waals surface area (Å²) in [5, 5.41) is 3.34. The van der Waals surface area contributed by atoms with Gasteiger partial charge in [-0.05, 0) is 25.0 Å². The van der Waals surface area contributed by atoms with E-state index in [1.807, 2.05) is 0 Å². The van der Waals surface area contributed by atoms with Crippen molar-refractivity contribution >= 4 is 13.4 Å². The van der Waals surface area contributed by atoms with Crippen molar-refractivity contribution in [2.75, 3.05) is 6.54 Å². The van der Waals surface area contributed by atoms with Gasteiger partial charge in [0.1, 0.15) is 13.7 Å². The second kappa shape index (κ2) is 2.70. The topological polar surface area (TPSA) is 40.7 Å². The van der Waals surface area contributed by atoms with Gasteiger partial charge >= 0.3 is 0 Å². The first-order chi connectivity index (χ1) is 5.36. The van der Waals surface area contributed by atoms with Crippen LogP contribution in [-0.2, 0) is 0 Å². The second-order valence-electron chi connectivity index (χ2n) is 2.87. The number of rotatable bonds is 1. The van der Waals surface area contributed by atoms with E-state index in [1.54, 1.807) is 6.20 Å². The summed E-state index contributed by atoms with van der Waals surface area (Å²) in [6.45, 7) is 1.09. The quantitative estimate of drug-likeness (QED) is 0.532. The Balaban J connectivity index is 2.15. The normalized spacial score (nSPS) is 24.2. The van der Waals surface area contributed by atoms with Crippen LogP contribution in [0.5, 0.6) is 0 Å². The number of aromatic amines is 1. The summed E-state index contributed by atoms with van der Waals surface area (Å²) in [6.07, 6.45) is 4.05. The van der Waals surface area contributed by atoms with Crippen molar-refractivity contribution in [2.24, 2.45) is 0 Å². The van der Waals surface area contributed by atoms with Crippen LogP contribution in [0.2, 0.25) is 0 Å². The number of imidazole rings is 1. The Labute approximate surface area is 67.0 Å². The molecule has 0 saturated carbocycles. The van der Waals surface area contributed by atoms with Gasteiger partial charge in [-0.1, -0.05) is 0 Å². The van der Waals surface area contributed by atoms with Crippen LogP contribution in [-0.4, -0.2) is 24.4 Å². The molecule has 0 bridgehead atoms. The molecule has 0 aromatic carbocycles. The van der Waals surface area contributed by atoms with E-state index < -0.39 is 0 Å². The lowest BCUT2D eigenvalue weighted by atomic mass is 10.1. The van der Waals surface area contributed by atoms with Crippen LogP contribution in [0.4, 0.5) is 0 Å². The Kier molecular flexibility index (Phi) is 1.70. The third-order valence-corrected chi connectivity index (χ3v) is 2.01. The van der Waals surface area contributed by atoms with Gasteiger partial charge in [0.25, 0.3) is 0 Å². The summed E-state index contributed by atoms with van der Waals surface area (Å²) in [6, 6.07) is 0.396. The van der Waals surface area contributed by atoms with Gasteiger partial charge in [0.2, 0.25) is 0 Å². The van der Waals surface area contributed by atoms with E-state index in [1.165, 1.54) is 6.42 Å². The van der Waals surface area contributed by atoms with Crippen LogP contribution in [0.1, 0.15) is 24.7 Å². The predicted octanol–water partition coefficient (Wildman–Crippen LogP) is -0.372. The highest BCUT2D eigenvalue weighted by atomic mass is 15.0. The highest BCUT2D eigenvalue weighted by Crippen LogP contribution is 2.18. The number of nitrogens with one attached hydrogen (secondary N) is 2. The van der Waals surface area contributed by atoms with Gasteiger partial charge in [-0.2, -0.15) is 0 Å². The molecule has 1 aliphatic heterocycles. The van der Waals surface area contributed by atoms with E-state index in [-0.39, 0.29) is 0 Å². The molecule has 1 atom stereocenters. The van der Waals surface area contributed by atoms with Gasteiger partial charge in [-0.15, -0.1) is 0 Å². The number of nitrogens with zero attached hydrogens (tertiary/aromatic N) is 1. The minimum atomic E-state index is 0.396. The molecule has 56 valence electrons. The fourth-order valence-corrected chi connectivity index (χ4v) is 1.45. The van der Waals surface area contributed by atoms with Crippen molar-refractivity contribution in [1.29, 1.82) is 0 Å². The van der Waals surface area contributed by atoms with E-state index in [0.717, 1.165) is 18.8 Å². The zero-order chi connectivity index (χ0) is 7.68. The highest BCUT2D eigenvalue weighted by Gasteiger charge is 2.17. The van der Waals surface area contributed by atoms with Crippen molar-refractivity contribution in [2.45, 2.75) is 18.9 Å². The van der Waals surface area contributed by atoms with Crippen molar-refractivity contribution in [3.8, 4) is 0 Å². The van der Waals surface area contributed by atoms with Crippen LogP contribution in [0.25, 0.3) is 0 Å². The molecule has 2 heterocycles. The standard InChI is InChI=1S/C7H10BN3/c8-6-4-10-7(11-6)5-2-1-3-9-5/h4-5,9H,1-3H2,(H,10,11)/t5-/m0/s1. The molecule has 0 amide bonds. The maximum Gasteiger partial charge on any atom is 0.140 e. The molecule has 2 rings (SSSR count). The zero-order valence-electron chi connectivity index (χ0n) is 6.30. The summed E-state index contributed by atoms with van der Waals surface area (Å²) in [5.74, 6) is 0.972. The molecule has 11 heavy (non-hydrogen) atoms. The van der Waals surface area contributed by atoms with E-state index >= 15 is 0 Å². The first-order valence-corrected chi connectivity index (χ1v) is 3.90. The fraction of sp³-hybridized carbons (Fsp3) is 0.571. The van der Waals surface area contributed by atoms with Gasteiger partial charge in [0.15, 0.2) is 0 Å². The molecule has 0 aliphatic carbocycles. The number of hydrogen-bond acceptors (Lipinski definition) is 2. The molecule has 4 heteroatoms. The lowest BCUT2D eigenvalue weighted by Gasteiger charge is -2.04. The molecule has 1 aliphatic rings. The predicted molar refractivity (Wildman–Crippen MR) is 44.0 cm³/mol. The maximum absolute atomic E-state index is 5.50. The number of hydrogen-bond donors (Lipinski definition) is 2. The van der Waals surface area contributed by atoms with Gasteiger partial charge in [-0.3, -0.25) is 0 Å². The summed E-state index contributed by atoms with van der Waals surface area (Å²) in [5.41, 5.74) is 0.647. The molecule has 0 unspecified atom stereocenters. The van der Waals surface area contributed by atoms with Crippen LogP contribution in [0.15, 0.2) is 6.20 Å². The zero-order valence-corrected chi connectivity index (χ0v) is 6.30. The van der Waals surface area contributed by atoms with Crippen LogP contribution in [0, 0.1) is 0 Å². The number of H-pyrrole nitrogens is 1. The third-order valence-electron chi connectivity index (χ3n) is 2.01. The molecule has 1 saturated heterocycles. The summed E-state index contributed by atoms with van der Waals surface area (Å²) in [7, 11) is 5.50. The van der Waals surface area contributed by atoms with Crippen molar-refractivity contribution in [3.05, 3.63) is 12.0 Å². The molecular weight excluding hydrogens is 137 g/mol. The molecule has 1 aromatic rings. The summed E-state index contributed by atoms with van der Waals surface area (Å²) in [4.78, 5) is 7.18. The Bertz CT molecular complexity index is 240. The van der Waals surface area contributed by atoms with Crippen molar-refractivity contribution in [3.63, 3.8) is 0 Å². The highest BCUT2D eigenvalue weighted by molar-refractivity contribution is 6.30. The third kappa shape index (κ3) is 1.31. The van der Waals surface area contributed by atoms with Crippen LogP contribution < -0.4 is 10.9 Å². The number of aromatic nitrogens is 2. The van der Waals surface area contributed by atoms with Crippen molar-refractivity contribution in [1.82, 2.24) is 15.3 Å². The van der Waals surface area contributed by atoms with Crippen LogP contribution >= 0.6 is 0 Å². The Morgan fingerprint density at radius 1 is 1.64 bits per heavy atom. The van der Waals surface area contributed by atoms with E-state index in [2.05, 4.69) is 15.3 Å². The first-order valence-electron chi connectivity index (χ1n) is 3.90. The molecule has 1 aromatic heterocycles. The average molecular weight is 147 g/mol. The lowest BCUT2D eigenvalue weighted by molar-refractivity contribution is 0.613. The van der Waals surface area contributed by atoms with Crippen molar-refractivity contribution < 1.29 is 0 Å². The van der Waals surface area contributed by atoms with E-state index in [0.29, 0.717) is 11.6 Å². The molecule has 1 fully saturated rings. The average Bonchev–Trinajstić information content (AvgIpc) is 2.55. The molecule has 2 N–H and O–H groups in total. The van der Waals surface area contributed by atoms with Gasteiger partial charge in [-0.25, -0.2) is 4.98 Å². The smallest absolute Gasteiger partial charge is 0.140 e. The Morgan fingerprint density at radius 2 is 2.55 bits per heavy atom. The largest absolute Gasteiger partial charge is 0.354 e. The molecule has 0 spiro atoms. The van der Waals surface area contributed by atoms with E-state index in [9.17, 15) is 0 Å². The van der Waals surface area contributed by atoms with Gasteiger partial charge < -0.3 is 10.3 Å². The SMILES string of the molecule is [B]c1cnc([C@@H]2CCCN2)[nH]1. The van der Waals surface area contributed by atoms with Gasteiger partial charge in [0.05, 0.1) is 6.04 Å². The summed E-state index contributed by atoms with van der Waals surface area (Å²) >= 11 is 0. The van der Waals surface area contributed by atoms with Gasteiger partial charge in [0, 0.05) is 6.20 Å². The van der Waals surface area contributed by atoms with E-state index in [4.69, 9.17) is 7.85 Å². The Hall–Kier alpha value is -0.765. The maximum atomic E-state index is 5.50. The molecular formula is C7H10BN3. The lowest BCUT2D eigenvalue weighted by Crippen LogP contribution is -2.15. The second-order valence-corrected chi connectivity index (χ2v) is 2.87. The minimum absolute atomic E-state index is 0.396. The molecule has 2 radical (unpaired) electrons. The fourth-order valence-electron chi connectivity index (χ4n) is 1.45. The van der Waals surface area contributed by atoms with Crippen LogP contribution in [0.3, 0.4) is 0 Å². The Morgan fingerprint density at radius 3 is 3.09 bits per heavy atom. The molecule has 3 nitrogen and oxygen atoms in total.